The summed E-state index contributed by atoms with van der Waals surface area (Å²) in [5.41, 5.74) is 1.44. The average molecular weight is 207 g/mol. The summed E-state index contributed by atoms with van der Waals surface area (Å²) < 4.78 is 0. The fourth-order valence-electron chi connectivity index (χ4n) is 1.95. The van der Waals surface area contributed by atoms with Crippen LogP contribution in [0.3, 0.4) is 0 Å². The Bertz CT molecular complexity index is 273. The van der Waals surface area contributed by atoms with E-state index in [9.17, 15) is 0 Å². The van der Waals surface area contributed by atoms with Gasteiger partial charge in [-0.3, -0.25) is 0 Å². The summed E-state index contributed by atoms with van der Waals surface area (Å²) in [4.78, 5) is 2.50. The monoisotopic (exact) mass is 207 g/mol. The second-order valence-corrected chi connectivity index (χ2v) is 4.71. The summed E-state index contributed by atoms with van der Waals surface area (Å²) in [5.74, 6) is 0. The van der Waals surface area contributed by atoms with Crippen LogP contribution in [0.25, 0.3) is 0 Å². The molecule has 0 N–H and O–H groups in total. The van der Waals surface area contributed by atoms with Gasteiger partial charge in [-0.1, -0.05) is 30.3 Å². The Hall–Kier alpha value is -0.470. The lowest BCUT2D eigenvalue weighted by molar-refractivity contribution is 0.344. The van der Waals surface area contributed by atoms with E-state index >= 15 is 0 Å². The molecule has 1 atom stereocenters. The molecular formula is C12H17NS. The number of rotatable bonds is 3. The van der Waals surface area contributed by atoms with Crippen LogP contribution in [-0.4, -0.2) is 29.8 Å². The number of hydrogen-bond acceptors (Lipinski definition) is 2. The third-order valence-electron chi connectivity index (χ3n) is 2.81. The molecule has 0 aliphatic carbocycles. The van der Waals surface area contributed by atoms with Crippen LogP contribution in [-0.2, 0) is 6.42 Å². The maximum atomic E-state index is 4.49. The van der Waals surface area contributed by atoms with E-state index in [0.717, 1.165) is 6.54 Å². The fraction of sp³-hybridized carbons (Fsp3) is 0.500. The van der Waals surface area contributed by atoms with E-state index in [1.54, 1.807) is 0 Å². The predicted molar refractivity (Wildman–Crippen MR) is 64.0 cm³/mol. The Morgan fingerprint density at radius 3 is 2.71 bits per heavy atom. The summed E-state index contributed by atoms with van der Waals surface area (Å²) in [5, 5.41) is 0.603. The second kappa shape index (κ2) is 4.85. The summed E-state index contributed by atoms with van der Waals surface area (Å²) in [6, 6.07) is 10.7. The van der Waals surface area contributed by atoms with Gasteiger partial charge in [-0.05, 0) is 24.9 Å². The standard InChI is InChI=1S/C12H17NS/c14-12-7-9-13(10-12)8-6-11-4-2-1-3-5-11/h1-5,12,14H,6-10H2. The van der Waals surface area contributed by atoms with Gasteiger partial charge in [0.1, 0.15) is 0 Å². The molecule has 1 aliphatic rings. The first kappa shape index (κ1) is 10.1. The highest BCUT2D eigenvalue weighted by molar-refractivity contribution is 7.81. The number of nitrogens with zero attached hydrogens (tertiary/aromatic N) is 1. The van der Waals surface area contributed by atoms with Gasteiger partial charge in [-0.2, -0.15) is 12.6 Å². The zero-order valence-electron chi connectivity index (χ0n) is 8.39. The first-order valence-electron chi connectivity index (χ1n) is 5.29. The molecule has 1 fully saturated rings. The van der Waals surface area contributed by atoms with Crippen molar-refractivity contribution in [3.05, 3.63) is 35.9 Å². The molecule has 1 nitrogen and oxygen atoms in total. The van der Waals surface area contributed by atoms with Gasteiger partial charge in [-0.25, -0.2) is 0 Å². The van der Waals surface area contributed by atoms with Gasteiger partial charge in [0.05, 0.1) is 0 Å². The molecule has 1 aromatic carbocycles. The van der Waals surface area contributed by atoms with Crippen LogP contribution in [0.1, 0.15) is 12.0 Å². The van der Waals surface area contributed by atoms with Crippen molar-refractivity contribution in [3.8, 4) is 0 Å². The first-order chi connectivity index (χ1) is 6.84. The third kappa shape index (κ3) is 2.76. The Kier molecular flexibility index (Phi) is 3.49. The Morgan fingerprint density at radius 1 is 1.29 bits per heavy atom. The van der Waals surface area contributed by atoms with Gasteiger partial charge in [0.25, 0.3) is 0 Å². The molecule has 0 aromatic heterocycles. The molecule has 14 heavy (non-hydrogen) atoms. The molecular weight excluding hydrogens is 190 g/mol. The normalized spacial score (nSPS) is 22.8. The van der Waals surface area contributed by atoms with Gasteiger partial charge in [0.15, 0.2) is 0 Å². The zero-order valence-corrected chi connectivity index (χ0v) is 9.29. The highest BCUT2D eigenvalue weighted by Crippen LogP contribution is 2.14. The fourth-order valence-corrected chi connectivity index (χ4v) is 2.29. The second-order valence-electron chi connectivity index (χ2n) is 3.98. The highest BCUT2D eigenvalue weighted by atomic mass is 32.1. The van der Waals surface area contributed by atoms with Crippen LogP contribution in [0.15, 0.2) is 30.3 Å². The van der Waals surface area contributed by atoms with E-state index < -0.39 is 0 Å². The number of hydrogen-bond donors (Lipinski definition) is 1. The van der Waals surface area contributed by atoms with Crippen molar-refractivity contribution in [1.29, 1.82) is 0 Å². The molecule has 76 valence electrons. The van der Waals surface area contributed by atoms with Crippen molar-refractivity contribution in [3.63, 3.8) is 0 Å². The summed E-state index contributed by atoms with van der Waals surface area (Å²) in [7, 11) is 0. The lowest BCUT2D eigenvalue weighted by Crippen LogP contribution is -2.23. The number of thiol groups is 1. The van der Waals surface area contributed by atoms with Crippen molar-refractivity contribution in [2.75, 3.05) is 19.6 Å². The van der Waals surface area contributed by atoms with Crippen LogP contribution in [0.4, 0.5) is 0 Å². The summed E-state index contributed by atoms with van der Waals surface area (Å²) >= 11 is 4.49. The molecule has 0 radical (unpaired) electrons. The minimum absolute atomic E-state index is 0.603. The number of benzene rings is 1. The van der Waals surface area contributed by atoms with Gasteiger partial charge in [-0.15, -0.1) is 0 Å². The summed E-state index contributed by atoms with van der Waals surface area (Å²) in [6.45, 7) is 3.57. The first-order valence-corrected chi connectivity index (χ1v) is 5.80. The van der Waals surface area contributed by atoms with Crippen molar-refractivity contribution < 1.29 is 0 Å². The SMILES string of the molecule is SC1CCN(CCc2ccccc2)C1. The van der Waals surface area contributed by atoms with Gasteiger partial charge in [0.2, 0.25) is 0 Å². The predicted octanol–water partition coefficient (Wildman–Crippen LogP) is 2.23. The minimum Gasteiger partial charge on any atom is -0.302 e. The van der Waals surface area contributed by atoms with Gasteiger partial charge < -0.3 is 4.90 Å². The molecule has 1 aliphatic heterocycles. The van der Waals surface area contributed by atoms with Crippen molar-refractivity contribution >= 4 is 12.6 Å². The average Bonchev–Trinajstić information content (AvgIpc) is 2.63. The van der Waals surface area contributed by atoms with Crippen molar-refractivity contribution in [2.24, 2.45) is 0 Å². The Morgan fingerprint density at radius 2 is 2.07 bits per heavy atom. The maximum Gasteiger partial charge on any atom is 0.0156 e. The molecule has 1 unspecified atom stereocenters. The largest absolute Gasteiger partial charge is 0.302 e. The molecule has 1 saturated heterocycles. The summed E-state index contributed by atoms with van der Waals surface area (Å²) in [6.07, 6.45) is 2.42. The molecule has 1 aromatic rings. The van der Waals surface area contributed by atoms with Crippen LogP contribution in [0.5, 0.6) is 0 Å². The van der Waals surface area contributed by atoms with E-state index in [0.29, 0.717) is 5.25 Å². The molecule has 0 bridgehead atoms. The molecule has 2 heteroatoms. The smallest absolute Gasteiger partial charge is 0.0156 e. The molecule has 0 saturated carbocycles. The highest BCUT2D eigenvalue weighted by Gasteiger charge is 2.18. The van der Waals surface area contributed by atoms with Crippen LogP contribution < -0.4 is 0 Å². The minimum atomic E-state index is 0.603. The van der Waals surface area contributed by atoms with E-state index in [2.05, 4.69) is 47.9 Å². The van der Waals surface area contributed by atoms with Gasteiger partial charge >= 0.3 is 0 Å². The quantitative estimate of drug-likeness (QED) is 0.744. The van der Waals surface area contributed by atoms with Gasteiger partial charge in [0, 0.05) is 18.3 Å². The van der Waals surface area contributed by atoms with Crippen LogP contribution in [0.2, 0.25) is 0 Å². The maximum absolute atomic E-state index is 4.49. The third-order valence-corrected chi connectivity index (χ3v) is 3.23. The van der Waals surface area contributed by atoms with Crippen molar-refractivity contribution in [2.45, 2.75) is 18.1 Å². The van der Waals surface area contributed by atoms with E-state index in [4.69, 9.17) is 0 Å². The number of likely N-dealkylation sites (tertiary alicyclic amines) is 1. The molecule has 1 heterocycles. The molecule has 0 spiro atoms. The van der Waals surface area contributed by atoms with E-state index in [-0.39, 0.29) is 0 Å². The Balaban J connectivity index is 1.78. The van der Waals surface area contributed by atoms with Crippen molar-refractivity contribution in [1.82, 2.24) is 4.90 Å². The van der Waals surface area contributed by atoms with Crippen LogP contribution >= 0.6 is 12.6 Å². The lowest BCUT2D eigenvalue weighted by Gasteiger charge is -2.14. The molecule has 2 rings (SSSR count). The Labute approximate surface area is 91.5 Å². The molecule has 0 amide bonds. The lowest BCUT2D eigenvalue weighted by atomic mass is 10.1. The van der Waals surface area contributed by atoms with Crippen LogP contribution in [0, 0.1) is 0 Å². The zero-order chi connectivity index (χ0) is 9.80. The van der Waals surface area contributed by atoms with E-state index in [1.807, 2.05) is 0 Å². The topological polar surface area (TPSA) is 3.24 Å². The van der Waals surface area contributed by atoms with E-state index in [1.165, 1.54) is 31.5 Å².